The highest BCUT2D eigenvalue weighted by molar-refractivity contribution is 6.32. The minimum atomic E-state index is -0.714. The first-order chi connectivity index (χ1) is 14.6. The Morgan fingerprint density at radius 3 is 2.23 bits per heavy atom. The molecular weight excluding hydrogens is 419 g/mol. The van der Waals surface area contributed by atoms with E-state index in [9.17, 15) is 14.0 Å². The van der Waals surface area contributed by atoms with Crippen molar-refractivity contribution in [3.8, 4) is 5.75 Å². The summed E-state index contributed by atoms with van der Waals surface area (Å²) in [6.45, 7) is 9.85. The molecule has 31 heavy (non-hydrogen) atoms. The number of hydrogen-bond donors (Lipinski definition) is 1. The first kappa shape index (κ1) is 24.7. The van der Waals surface area contributed by atoms with E-state index >= 15 is 0 Å². The zero-order valence-electron chi connectivity index (χ0n) is 18.7. The van der Waals surface area contributed by atoms with Crippen molar-refractivity contribution in [3.05, 3.63) is 63.9 Å². The molecule has 2 aromatic rings. The Labute approximate surface area is 188 Å². The van der Waals surface area contributed by atoms with Crippen LogP contribution in [0.25, 0.3) is 0 Å². The van der Waals surface area contributed by atoms with E-state index in [2.05, 4.69) is 5.32 Å². The van der Waals surface area contributed by atoms with Gasteiger partial charge in [-0.25, -0.2) is 4.39 Å². The number of aryl methyl sites for hydroxylation is 2. The fourth-order valence-corrected chi connectivity index (χ4v) is 3.15. The summed E-state index contributed by atoms with van der Waals surface area (Å²) in [4.78, 5) is 27.1. The summed E-state index contributed by atoms with van der Waals surface area (Å²) in [5.74, 6) is -0.131. The third-order valence-electron chi connectivity index (χ3n) is 4.89. The Balaban J connectivity index is 2.16. The number of ether oxygens (including phenoxy) is 1. The molecule has 0 radical (unpaired) electrons. The topological polar surface area (TPSA) is 58.6 Å². The molecule has 5 nitrogen and oxygen atoms in total. The van der Waals surface area contributed by atoms with Crippen molar-refractivity contribution >= 4 is 23.4 Å². The molecule has 7 heteroatoms. The predicted octanol–water partition coefficient (Wildman–Crippen LogP) is 4.66. The Bertz CT molecular complexity index is 893. The number of carbonyl (C=O) groups excluding carboxylic acids is 2. The normalized spacial score (nSPS) is 11.9. The molecule has 1 atom stereocenters. The van der Waals surface area contributed by atoms with Crippen molar-refractivity contribution in [3.63, 3.8) is 0 Å². The van der Waals surface area contributed by atoms with E-state index in [1.165, 1.54) is 17.0 Å². The molecule has 1 N–H and O–H groups in total. The first-order valence-electron chi connectivity index (χ1n) is 10.3. The van der Waals surface area contributed by atoms with E-state index in [0.717, 1.165) is 16.7 Å². The van der Waals surface area contributed by atoms with Crippen molar-refractivity contribution < 1.29 is 18.7 Å². The Kier molecular flexibility index (Phi) is 8.87. The minimum Gasteiger partial charge on any atom is -0.484 e. The van der Waals surface area contributed by atoms with Gasteiger partial charge in [-0.15, -0.1) is 0 Å². The van der Waals surface area contributed by atoms with Crippen LogP contribution in [0.4, 0.5) is 4.39 Å². The van der Waals surface area contributed by atoms with Gasteiger partial charge in [-0.05, 0) is 67.6 Å². The molecule has 2 amide bonds. The van der Waals surface area contributed by atoms with E-state index in [0.29, 0.717) is 17.3 Å². The van der Waals surface area contributed by atoms with Gasteiger partial charge >= 0.3 is 0 Å². The summed E-state index contributed by atoms with van der Waals surface area (Å²) in [5.41, 5.74) is 2.43. The molecule has 2 aromatic carbocycles. The second-order valence-corrected chi connectivity index (χ2v) is 8.50. The quantitative estimate of drug-likeness (QED) is 0.606. The van der Waals surface area contributed by atoms with Gasteiger partial charge in [0.15, 0.2) is 6.61 Å². The molecular formula is C24H30ClFN2O3. The number of rotatable bonds is 9. The molecule has 0 aromatic heterocycles. The summed E-state index contributed by atoms with van der Waals surface area (Å²) in [6, 6.07) is 8.68. The third kappa shape index (κ3) is 7.24. The summed E-state index contributed by atoms with van der Waals surface area (Å²) in [5, 5.41) is 3.52. The lowest BCUT2D eigenvalue weighted by molar-refractivity contribution is -0.142. The number of hydrogen-bond acceptors (Lipinski definition) is 3. The van der Waals surface area contributed by atoms with Gasteiger partial charge in [-0.2, -0.15) is 0 Å². The van der Waals surface area contributed by atoms with Crippen LogP contribution in [-0.2, 0) is 16.1 Å². The second kappa shape index (κ2) is 11.1. The van der Waals surface area contributed by atoms with Crippen molar-refractivity contribution in [2.24, 2.45) is 5.92 Å². The van der Waals surface area contributed by atoms with Crippen LogP contribution in [0.3, 0.4) is 0 Å². The maximum absolute atomic E-state index is 13.3. The maximum atomic E-state index is 13.3. The molecule has 0 unspecified atom stereocenters. The van der Waals surface area contributed by atoms with Gasteiger partial charge in [-0.3, -0.25) is 9.59 Å². The van der Waals surface area contributed by atoms with Crippen LogP contribution < -0.4 is 10.1 Å². The van der Waals surface area contributed by atoms with Crippen LogP contribution in [0.1, 0.15) is 37.5 Å². The van der Waals surface area contributed by atoms with Gasteiger partial charge in [0.05, 0.1) is 0 Å². The largest absolute Gasteiger partial charge is 0.484 e. The smallest absolute Gasteiger partial charge is 0.261 e. The highest BCUT2D eigenvalue weighted by Gasteiger charge is 2.26. The highest BCUT2D eigenvalue weighted by atomic mass is 35.5. The molecule has 0 aliphatic carbocycles. The lowest BCUT2D eigenvalue weighted by atomic mass is 10.1. The summed E-state index contributed by atoms with van der Waals surface area (Å²) in [7, 11) is 0. The number of benzene rings is 2. The van der Waals surface area contributed by atoms with Gasteiger partial charge in [0.1, 0.15) is 17.6 Å². The average molecular weight is 449 g/mol. The van der Waals surface area contributed by atoms with E-state index in [1.54, 1.807) is 31.2 Å². The van der Waals surface area contributed by atoms with Crippen LogP contribution >= 0.6 is 11.6 Å². The van der Waals surface area contributed by atoms with Crippen LogP contribution in [-0.4, -0.2) is 35.9 Å². The molecule has 0 aliphatic rings. The monoisotopic (exact) mass is 448 g/mol. The SMILES string of the molecule is Cc1cc(OCC(=O)N(Cc2ccc(F)cc2)[C@H](C)C(=O)NCC(C)C)cc(C)c1Cl. The van der Waals surface area contributed by atoms with Gasteiger partial charge < -0.3 is 15.0 Å². The van der Waals surface area contributed by atoms with Crippen molar-refractivity contribution in [1.29, 1.82) is 0 Å². The highest BCUT2D eigenvalue weighted by Crippen LogP contribution is 2.26. The number of nitrogens with one attached hydrogen (secondary N) is 1. The molecule has 0 heterocycles. The Hall–Kier alpha value is -2.60. The molecule has 0 aliphatic heterocycles. The average Bonchev–Trinajstić information content (AvgIpc) is 2.73. The summed E-state index contributed by atoms with van der Waals surface area (Å²) < 4.78 is 19.0. The van der Waals surface area contributed by atoms with Crippen LogP contribution in [0.2, 0.25) is 5.02 Å². The fourth-order valence-electron chi connectivity index (χ4n) is 3.04. The van der Waals surface area contributed by atoms with E-state index < -0.39 is 6.04 Å². The van der Waals surface area contributed by atoms with Crippen LogP contribution in [0, 0.1) is 25.6 Å². The fraction of sp³-hybridized carbons (Fsp3) is 0.417. The number of halogens is 2. The molecule has 168 valence electrons. The predicted molar refractivity (Wildman–Crippen MR) is 121 cm³/mol. The molecule has 0 bridgehead atoms. The second-order valence-electron chi connectivity index (χ2n) is 8.12. The number of nitrogens with zero attached hydrogens (tertiary/aromatic N) is 1. The number of carbonyl (C=O) groups is 2. The van der Waals surface area contributed by atoms with E-state index in [1.807, 2.05) is 27.7 Å². The lowest BCUT2D eigenvalue weighted by Crippen LogP contribution is -2.49. The van der Waals surface area contributed by atoms with Gasteiger partial charge in [0, 0.05) is 18.1 Å². The van der Waals surface area contributed by atoms with Gasteiger partial charge in [-0.1, -0.05) is 37.6 Å². The molecule has 0 saturated carbocycles. The van der Waals surface area contributed by atoms with Gasteiger partial charge in [0.2, 0.25) is 5.91 Å². The summed E-state index contributed by atoms with van der Waals surface area (Å²) >= 11 is 6.19. The molecule has 0 spiro atoms. The minimum absolute atomic E-state index is 0.164. The maximum Gasteiger partial charge on any atom is 0.261 e. The van der Waals surface area contributed by atoms with Crippen LogP contribution in [0.15, 0.2) is 36.4 Å². The zero-order chi connectivity index (χ0) is 23.1. The van der Waals surface area contributed by atoms with Crippen molar-refractivity contribution in [2.45, 2.75) is 47.2 Å². The molecule has 0 fully saturated rings. The Morgan fingerprint density at radius 2 is 1.68 bits per heavy atom. The van der Waals surface area contributed by atoms with E-state index in [-0.39, 0.29) is 36.7 Å². The summed E-state index contributed by atoms with van der Waals surface area (Å²) in [6.07, 6.45) is 0. The lowest BCUT2D eigenvalue weighted by Gasteiger charge is -2.29. The number of amides is 2. The standard InChI is InChI=1S/C24H30ClFN2O3/c1-15(2)12-27-24(30)18(5)28(13-19-6-8-20(26)9-7-19)22(29)14-31-21-10-16(3)23(25)17(4)11-21/h6-11,15,18H,12-14H2,1-5H3,(H,27,30)/t18-/m1/s1. The Morgan fingerprint density at radius 1 is 1.10 bits per heavy atom. The van der Waals surface area contributed by atoms with Gasteiger partial charge in [0.25, 0.3) is 5.91 Å². The first-order valence-corrected chi connectivity index (χ1v) is 10.7. The van der Waals surface area contributed by atoms with Crippen molar-refractivity contribution in [1.82, 2.24) is 10.2 Å². The van der Waals surface area contributed by atoms with Crippen molar-refractivity contribution in [2.75, 3.05) is 13.2 Å². The molecule has 0 saturated heterocycles. The zero-order valence-corrected chi connectivity index (χ0v) is 19.4. The molecule has 2 rings (SSSR count). The van der Waals surface area contributed by atoms with E-state index in [4.69, 9.17) is 16.3 Å². The van der Waals surface area contributed by atoms with Crippen LogP contribution in [0.5, 0.6) is 5.75 Å². The third-order valence-corrected chi connectivity index (χ3v) is 5.49.